The summed E-state index contributed by atoms with van der Waals surface area (Å²) in [6, 6.07) is 5.99. The fourth-order valence-corrected chi connectivity index (χ4v) is 2.06. The summed E-state index contributed by atoms with van der Waals surface area (Å²) in [6.07, 6.45) is 3.14. The second kappa shape index (κ2) is 8.02. The van der Waals surface area contributed by atoms with E-state index in [1.165, 1.54) is 11.3 Å². The number of ether oxygens (including phenoxy) is 1. The largest absolute Gasteiger partial charge is 0.385 e. The number of nitrogens with one attached hydrogen (secondary N) is 2. The van der Waals surface area contributed by atoms with Gasteiger partial charge in [-0.1, -0.05) is 6.92 Å². The number of rotatable bonds is 5. The molecule has 1 aliphatic rings. The van der Waals surface area contributed by atoms with E-state index in [1.807, 2.05) is 25.1 Å². The lowest BCUT2D eigenvalue weighted by molar-refractivity contribution is -0.120. The summed E-state index contributed by atoms with van der Waals surface area (Å²) in [4.78, 5) is 11.6. The Balaban J connectivity index is 0.00000180. The maximum atomic E-state index is 11.6. The number of hydrogen-bond donors (Lipinski definition) is 2. The van der Waals surface area contributed by atoms with Crippen LogP contribution < -0.4 is 10.6 Å². The number of aryl methyl sites for hydroxylation is 1. The smallest absolute Gasteiger partial charge is 0.250 e. The summed E-state index contributed by atoms with van der Waals surface area (Å²) in [6.45, 7) is 3.81. The third-order valence-corrected chi connectivity index (χ3v) is 2.91. The Morgan fingerprint density at radius 1 is 1.47 bits per heavy atom. The SMILES string of the molecule is CCCOCC(=O)Nc1ccc2c(c1)CCCN2.Cl. The molecule has 0 spiro atoms. The fourth-order valence-electron chi connectivity index (χ4n) is 2.06. The van der Waals surface area contributed by atoms with Gasteiger partial charge in [0.05, 0.1) is 0 Å². The van der Waals surface area contributed by atoms with E-state index in [1.54, 1.807) is 0 Å². The number of carbonyl (C=O) groups is 1. The topological polar surface area (TPSA) is 50.4 Å². The number of fused-ring (bicyclic) bond motifs is 1. The lowest BCUT2D eigenvalue weighted by Crippen LogP contribution is -2.19. The van der Waals surface area contributed by atoms with Crippen LogP contribution in [0.3, 0.4) is 0 Å². The number of anilines is 2. The molecule has 1 heterocycles. The molecule has 19 heavy (non-hydrogen) atoms. The zero-order chi connectivity index (χ0) is 12.8. The van der Waals surface area contributed by atoms with Gasteiger partial charge in [0.1, 0.15) is 6.61 Å². The minimum absolute atomic E-state index is 0. The second-order valence-electron chi connectivity index (χ2n) is 4.50. The summed E-state index contributed by atoms with van der Waals surface area (Å²) < 4.78 is 5.21. The molecule has 0 fully saturated rings. The highest BCUT2D eigenvalue weighted by Crippen LogP contribution is 2.24. The number of hydrogen-bond acceptors (Lipinski definition) is 3. The number of halogens is 1. The quantitative estimate of drug-likeness (QED) is 0.818. The van der Waals surface area contributed by atoms with Crippen LogP contribution in [0, 0.1) is 0 Å². The zero-order valence-electron chi connectivity index (χ0n) is 11.2. The summed E-state index contributed by atoms with van der Waals surface area (Å²) in [5, 5.41) is 6.21. The van der Waals surface area contributed by atoms with Gasteiger partial charge < -0.3 is 15.4 Å². The molecular formula is C14H21ClN2O2. The summed E-state index contributed by atoms with van der Waals surface area (Å²) in [7, 11) is 0. The van der Waals surface area contributed by atoms with Gasteiger partial charge in [0.15, 0.2) is 0 Å². The van der Waals surface area contributed by atoms with Crippen molar-refractivity contribution in [3.63, 3.8) is 0 Å². The standard InChI is InChI=1S/C14H20N2O2.ClH/c1-2-8-18-10-14(17)16-12-5-6-13-11(9-12)4-3-7-15-13;/h5-6,9,15H,2-4,7-8,10H2,1H3,(H,16,17);1H. The molecule has 5 heteroatoms. The summed E-state index contributed by atoms with van der Waals surface area (Å²) in [5.74, 6) is -0.0906. The fraction of sp³-hybridized carbons (Fsp3) is 0.500. The number of carbonyl (C=O) groups excluding carboxylic acids is 1. The molecule has 1 amide bonds. The molecular weight excluding hydrogens is 264 g/mol. The van der Waals surface area contributed by atoms with Crippen LogP contribution >= 0.6 is 12.4 Å². The Hall–Kier alpha value is -1.26. The highest BCUT2D eigenvalue weighted by atomic mass is 35.5. The van der Waals surface area contributed by atoms with Crippen molar-refractivity contribution >= 4 is 29.7 Å². The minimum Gasteiger partial charge on any atom is -0.385 e. The third-order valence-electron chi connectivity index (χ3n) is 2.91. The van der Waals surface area contributed by atoms with E-state index >= 15 is 0 Å². The monoisotopic (exact) mass is 284 g/mol. The predicted molar refractivity (Wildman–Crippen MR) is 80.2 cm³/mol. The Kier molecular flexibility index (Phi) is 6.67. The van der Waals surface area contributed by atoms with Crippen LogP contribution in [-0.2, 0) is 16.0 Å². The van der Waals surface area contributed by atoms with Gasteiger partial charge in [0.2, 0.25) is 5.91 Å². The Morgan fingerprint density at radius 2 is 2.32 bits per heavy atom. The highest BCUT2D eigenvalue weighted by molar-refractivity contribution is 5.92. The molecule has 1 aromatic rings. The van der Waals surface area contributed by atoms with E-state index in [0.717, 1.165) is 31.5 Å². The van der Waals surface area contributed by atoms with Crippen LogP contribution in [0.1, 0.15) is 25.3 Å². The Morgan fingerprint density at radius 3 is 3.11 bits per heavy atom. The van der Waals surface area contributed by atoms with Gasteiger partial charge in [0.25, 0.3) is 0 Å². The van der Waals surface area contributed by atoms with E-state index in [9.17, 15) is 4.79 Å². The summed E-state index contributed by atoms with van der Waals surface area (Å²) >= 11 is 0. The van der Waals surface area contributed by atoms with Crippen molar-refractivity contribution in [2.24, 2.45) is 0 Å². The first kappa shape index (κ1) is 15.8. The van der Waals surface area contributed by atoms with Gasteiger partial charge >= 0.3 is 0 Å². The van der Waals surface area contributed by atoms with E-state index in [2.05, 4.69) is 10.6 Å². The van der Waals surface area contributed by atoms with E-state index in [-0.39, 0.29) is 24.9 Å². The molecule has 106 valence electrons. The highest BCUT2D eigenvalue weighted by Gasteiger charge is 2.09. The van der Waals surface area contributed by atoms with Crippen molar-refractivity contribution in [3.05, 3.63) is 23.8 Å². The molecule has 1 aliphatic heterocycles. The van der Waals surface area contributed by atoms with E-state index in [4.69, 9.17) is 4.74 Å². The van der Waals surface area contributed by atoms with Crippen LogP contribution in [0.15, 0.2) is 18.2 Å². The third kappa shape index (κ3) is 4.73. The molecule has 0 aliphatic carbocycles. The molecule has 0 aromatic heterocycles. The van der Waals surface area contributed by atoms with Crippen molar-refractivity contribution in [3.8, 4) is 0 Å². The van der Waals surface area contributed by atoms with Gasteiger partial charge in [-0.05, 0) is 43.0 Å². The normalized spacial score (nSPS) is 12.9. The minimum atomic E-state index is -0.0906. The first-order valence-electron chi connectivity index (χ1n) is 6.54. The molecule has 0 atom stereocenters. The van der Waals surface area contributed by atoms with Crippen LogP contribution in [0.5, 0.6) is 0 Å². The molecule has 0 bridgehead atoms. The van der Waals surface area contributed by atoms with Crippen molar-refractivity contribution in [2.45, 2.75) is 26.2 Å². The van der Waals surface area contributed by atoms with Crippen molar-refractivity contribution in [2.75, 3.05) is 30.4 Å². The van der Waals surface area contributed by atoms with Crippen molar-refractivity contribution in [1.82, 2.24) is 0 Å². The van der Waals surface area contributed by atoms with E-state index in [0.29, 0.717) is 6.61 Å². The second-order valence-corrected chi connectivity index (χ2v) is 4.50. The van der Waals surface area contributed by atoms with Gasteiger partial charge in [-0.15, -0.1) is 12.4 Å². The maximum Gasteiger partial charge on any atom is 0.250 e. The molecule has 0 radical (unpaired) electrons. The van der Waals surface area contributed by atoms with Crippen LogP contribution in [0.2, 0.25) is 0 Å². The average molecular weight is 285 g/mol. The molecule has 0 unspecified atom stereocenters. The Labute approximate surface area is 120 Å². The lowest BCUT2D eigenvalue weighted by atomic mass is 10.0. The van der Waals surface area contributed by atoms with Gasteiger partial charge in [-0.3, -0.25) is 4.79 Å². The maximum absolute atomic E-state index is 11.6. The van der Waals surface area contributed by atoms with Gasteiger partial charge in [0, 0.05) is 24.5 Å². The average Bonchev–Trinajstić information content (AvgIpc) is 2.39. The molecule has 0 saturated carbocycles. The number of benzene rings is 1. The van der Waals surface area contributed by atoms with Crippen LogP contribution in [-0.4, -0.2) is 25.7 Å². The van der Waals surface area contributed by atoms with Crippen molar-refractivity contribution in [1.29, 1.82) is 0 Å². The first-order chi connectivity index (χ1) is 8.79. The van der Waals surface area contributed by atoms with Crippen molar-refractivity contribution < 1.29 is 9.53 Å². The molecule has 2 N–H and O–H groups in total. The molecule has 4 nitrogen and oxygen atoms in total. The molecule has 0 saturated heterocycles. The van der Waals surface area contributed by atoms with Crippen LogP contribution in [0.4, 0.5) is 11.4 Å². The summed E-state index contributed by atoms with van der Waals surface area (Å²) in [5.41, 5.74) is 3.30. The number of amides is 1. The molecule has 1 aromatic carbocycles. The predicted octanol–water partition coefficient (Wildman–Crippen LogP) is 2.83. The first-order valence-corrected chi connectivity index (χ1v) is 6.54. The zero-order valence-corrected chi connectivity index (χ0v) is 12.0. The van der Waals surface area contributed by atoms with Gasteiger partial charge in [-0.2, -0.15) is 0 Å². The Bertz CT molecular complexity index is 424. The molecule has 2 rings (SSSR count). The van der Waals surface area contributed by atoms with E-state index < -0.39 is 0 Å². The lowest BCUT2D eigenvalue weighted by Gasteiger charge is -2.18. The van der Waals surface area contributed by atoms with Crippen LogP contribution in [0.25, 0.3) is 0 Å². The van der Waals surface area contributed by atoms with Gasteiger partial charge in [-0.25, -0.2) is 0 Å².